The Balaban J connectivity index is 1.60. The Kier molecular flexibility index (Phi) is 3.98. The number of nitrogens with zero attached hydrogens (tertiary/aromatic N) is 5. The second-order valence-electron chi connectivity index (χ2n) is 5.44. The smallest absolute Gasteiger partial charge is 0.275 e. The molecule has 4 rings (SSSR count). The zero-order chi connectivity index (χ0) is 17.9. The van der Waals surface area contributed by atoms with Gasteiger partial charge in [-0.15, -0.1) is 10.2 Å². The Morgan fingerprint density at radius 2 is 1.85 bits per heavy atom. The van der Waals surface area contributed by atoms with Crippen LogP contribution < -0.4 is 10.1 Å². The fourth-order valence-corrected chi connectivity index (χ4v) is 2.43. The molecule has 0 unspecified atom stereocenters. The standard InChI is InChI=1S/C18H14N6O2/c1-26-14-5-3-13(4-6-14)24-22-15-7-2-12(10-16(15)23-24)21-18(25)17-11-19-8-9-20-17/h2-11H,1H3,(H,21,25). The molecule has 0 aliphatic carbocycles. The van der Waals surface area contributed by atoms with Crippen molar-refractivity contribution < 1.29 is 9.53 Å². The molecule has 2 heterocycles. The summed E-state index contributed by atoms with van der Waals surface area (Å²) in [5.74, 6) is 0.430. The lowest BCUT2D eigenvalue weighted by atomic mass is 10.2. The highest BCUT2D eigenvalue weighted by Gasteiger charge is 2.10. The van der Waals surface area contributed by atoms with Crippen molar-refractivity contribution in [3.63, 3.8) is 0 Å². The summed E-state index contributed by atoms with van der Waals surface area (Å²) >= 11 is 0. The van der Waals surface area contributed by atoms with Crippen molar-refractivity contribution in [2.24, 2.45) is 0 Å². The van der Waals surface area contributed by atoms with Gasteiger partial charge >= 0.3 is 0 Å². The van der Waals surface area contributed by atoms with E-state index >= 15 is 0 Å². The van der Waals surface area contributed by atoms with Gasteiger partial charge in [0.1, 0.15) is 22.5 Å². The number of fused-ring (bicyclic) bond motifs is 1. The average Bonchev–Trinajstić information content (AvgIpc) is 3.12. The molecule has 0 bridgehead atoms. The lowest BCUT2D eigenvalue weighted by Crippen LogP contribution is -2.13. The summed E-state index contributed by atoms with van der Waals surface area (Å²) in [6.07, 6.45) is 4.40. The number of benzene rings is 2. The number of nitrogens with one attached hydrogen (secondary N) is 1. The maximum absolute atomic E-state index is 12.2. The first-order chi connectivity index (χ1) is 12.7. The van der Waals surface area contributed by atoms with Crippen molar-refractivity contribution in [3.05, 3.63) is 66.7 Å². The predicted octanol–water partition coefficient (Wildman–Crippen LogP) is 2.47. The van der Waals surface area contributed by atoms with E-state index in [1.54, 1.807) is 30.1 Å². The van der Waals surface area contributed by atoms with Crippen LogP contribution in [0, 0.1) is 0 Å². The molecule has 0 aliphatic rings. The monoisotopic (exact) mass is 346 g/mol. The van der Waals surface area contributed by atoms with Crippen LogP contribution in [0.2, 0.25) is 0 Å². The molecule has 0 saturated carbocycles. The van der Waals surface area contributed by atoms with E-state index in [0.717, 1.165) is 17.0 Å². The van der Waals surface area contributed by atoms with Crippen molar-refractivity contribution in [1.82, 2.24) is 25.0 Å². The molecular formula is C18H14N6O2. The topological polar surface area (TPSA) is 94.8 Å². The highest BCUT2D eigenvalue weighted by atomic mass is 16.5. The Morgan fingerprint density at radius 1 is 1.04 bits per heavy atom. The minimum Gasteiger partial charge on any atom is -0.497 e. The normalized spacial score (nSPS) is 10.7. The van der Waals surface area contributed by atoms with E-state index in [1.165, 1.54) is 18.6 Å². The SMILES string of the molecule is COc1ccc(-n2nc3ccc(NC(=O)c4cnccn4)cc3n2)cc1. The van der Waals surface area contributed by atoms with Crippen LogP contribution in [0.15, 0.2) is 61.1 Å². The van der Waals surface area contributed by atoms with Gasteiger partial charge in [0.25, 0.3) is 5.91 Å². The van der Waals surface area contributed by atoms with Gasteiger partial charge in [0.2, 0.25) is 0 Å². The van der Waals surface area contributed by atoms with Crippen LogP contribution in [0.1, 0.15) is 10.5 Å². The van der Waals surface area contributed by atoms with Gasteiger partial charge in [-0.3, -0.25) is 9.78 Å². The zero-order valence-corrected chi connectivity index (χ0v) is 13.8. The van der Waals surface area contributed by atoms with Gasteiger partial charge in [-0.25, -0.2) is 4.98 Å². The van der Waals surface area contributed by atoms with Crippen molar-refractivity contribution in [1.29, 1.82) is 0 Å². The number of rotatable bonds is 4. The minimum atomic E-state index is -0.333. The van der Waals surface area contributed by atoms with Gasteiger partial charge in [0, 0.05) is 18.1 Å². The first-order valence-electron chi connectivity index (χ1n) is 7.82. The molecular weight excluding hydrogens is 332 g/mol. The first-order valence-corrected chi connectivity index (χ1v) is 7.82. The molecule has 4 aromatic rings. The Bertz CT molecular complexity index is 1060. The van der Waals surface area contributed by atoms with E-state index < -0.39 is 0 Å². The lowest BCUT2D eigenvalue weighted by Gasteiger charge is -2.03. The van der Waals surface area contributed by atoms with Crippen molar-refractivity contribution in [2.45, 2.75) is 0 Å². The predicted molar refractivity (Wildman–Crippen MR) is 95.4 cm³/mol. The van der Waals surface area contributed by atoms with Gasteiger partial charge in [-0.05, 0) is 42.5 Å². The van der Waals surface area contributed by atoms with Crippen LogP contribution in [0.3, 0.4) is 0 Å². The van der Waals surface area contributed by atoms with Crippen LogP contribution in [-0.4, -0.2) is 38.0 Å². The molecule has 8 nitrogen and oxygen atoms in total. The third-order valence-corrected chi connectivity index (χ3v) is 3.74. The number of carbonyl (C=O) groups excluding carboxylic acids is 1. The summed E-state index contributed by atoms with van der Waals surface area (Å²) in [4.78, 5) is 21.6. The van der Waals surface area contributed by atoms with E-state index in [0.29, 0.717) is 11.2 Å². The fraction of sp³-hybridized carbons (Fsp3) is 0.0556. The van der Waals surface area contributed by atoms with Crippen molar-refractivity contribution >= 4 is 22.6 Å². The largest absolute Gasteiger partial charge is 0.497 e. The van der Waals surface area contributed by atoms with Crippen LogP contribution in [0.25, 0.3) is 16.7 Å². The van der Waals surface area contributed by atoms with Crippen LogP contribution in [0.5, 0.6) is 5.75 Å². The maximum atomic E-state index is 12.2. The maximum Gasteiger partial charge on any atom is 0.275 e. The summed E-state index contributed by atoms with van der Waals surface area (Å²) in [5, 5.41) is 11.7. The van der Waals surface area contributed by atoms with Crippen molar-refractivity contribution in [3.8, 4) is 11.4 Å². The summed E-state index contributed by atoms with van der Waals surface area (Å²) in [7, 11) is 1.62. The fourth-order valence-electron chi connectivity index (χ4n) is 2.43. The highest BCUT2D eigenvalue weighted by molar-refractivity contribution is 6.03. The van der Waals surface area contributed by atoms with Gasteiger partial charge < -0.3 is 10.1 Å². The quantitative estimate of drug-likeness (QED) is 0.610. The number of carbonyl (C=O) groups is 1. The molecule has 0 aliphatic heterocycles. The third-order valence-electron chi connectivity index (χ3n) is 3.74. The van der Waals surface area contributed by atoms with Gasteiger partial charge in [-0.2, -0.15) is 4.80 Å². The van der Waals surface area contributed by atoms with E-state index in [-0.39, 0.29) is 11.6 Å². The van der Waals surface area contributed by atoms with Crippen LogP contribution in [0.4, 0.5) is 5.69 Å². The number of aromatic nitrogens is 5. The number of hydrogen-bond donors (Lipinski definition) is 1. The Labute approximate surface area is 148 Å². The molecule has 0 atom stereocenters. The van der Waals surface area contributed by atoms with Crippen molar-refractivity contribution in [2.75, 3.05) is 12.4 Å². The molecule has 0 saturated heterocycles. The minimum absolute atomic E-state index is 0.245. The van der Waals surface area contributed by atoms with Crippen LogP contribution in [-0.2, 0) is 0 Å². The number of methoxy groups -OCH3 is 1. The molecule has 2 aromatic heterocycles. The first kappa shape index (κ1) is 15.7. The number of amides is 1. The Hall–Kier alpha value is -3.81. The highest BCUT2D eigenvalue weighted by Crippen LogP contribution is 2.19. The van der Waals surface area contributed by atoms with E-state index in [4.69, 9.17) is 4.74 Å². The molecule has 0 fully saturated rings. The molecule has 0 spiro atoms. The van der Waals surface area contributed by atoms with Crippen LogP contribution >= 0.6 is 0 Å². The molecule has 128 valence electrons. The molecule has 2 aromatic carbocycles. The number of ether oxygens (including phenoxy) is 1. The van der Waals surface area contributed by atoms with Gasteiger partial charge in [0.05, 0.1) is 19.0 Å². The van der Waals surface area contributed by atoms with E-state index in [2.05, 4.69) is 25.5 Å². The summed E-state index contributed by atoms with van der Waals surface area (Å²) < 4.78 is 5.15. The Morgan fingerprint density at radius 3 is 2.58 bits per heavy atom. The summed E-state index contributed by atoms with van der Waals surface area (Å²) in [6, 6.07) is 12.8. The van der Waals surface area contributed by atoms with Gasteiger partial charge in [0.15, 0.2) is 0 Å². The van der Waals surface area contributed by atoms with E-state index in [1.807, 2.05) is 24.3 Å². The number of anilines is 1. The van der Waals surface area contributed by atoms with Gasteiger partial charge in [-0.1, -0.05) is 0 Å². The number of hydrogen-bond acceptors (Lipinski definition) is 6. The summed E-state index contributed by atoms with van der Waals surface area (Å²) in [5.41, 5.74) is 3.05. The molecule has 1 amide bonds. The second-order valence-corrected chi connectivity index (χ2v) is 5.44. The molecule has 8 heteroatoms. The molecule has 1 N–H and O–H groups in total. The molecule has 0 radical (unpaired) electrons. The molecule has 26 heavy (non-hydrogen) atoms. The zero-order valence-electron chi connectivity index (χ0n) is 13.8. The average molecular weight is 346 g/mol. The lowest BCUT2D eigenvalue weighted by molar-refractivity contribution is 0.102. The second kappa shape index (κ2) is 6.60. The van der Waals surface area contributed by atoms with E-state index in [9.17, 15) is 4.79 Å². The summed E-state index contributed by atoms with van der Waals surface area (Å²) in [6.45, 7) is 0. The third kappa shape index (κ3) is 3.07.